The number of aliphatic hydroxyl groups is 11. The van der Waals surface area contributed by atoms with Gasteiger partial charge in [0.05, 0.1) is 38.6 Å². The van der Waals surface area contributed by atoms with Gasteiger partial charge in [-0.1, -0.05) is 287 Å². The van der Waals surface area contributed by atoms with Gasteiger partial charge in [-0.3, -0.25) is 4.79 Å². The summed E-state index contributed by atoms with van der Waals surface area (Å²) in [7, 11) is 0. The lowest BCUT2D eigenvalue weighted by molar-refractivity contribution is -0.379. The molecule has 3 saturated heterocycles. The number of carbonyl (C=O) groups is 1. The summed E-state index contributed by atoms with van der Waals surface area (Å²) < 4.78 is 34.5. The van der Waals surface area contributed by atoms with E-state index in [1.165, 1.54) is 193 Å². The van der Waals surface area contributed by atoms with E-state index in [9.17, 15) is 61.0 Å². The molecule has 3 fully saturated rings. The third-order valence-electron chi connectivity index (χ3n) is 19.2. The fourth-order valence-electron chi connectivity index (χ4n) is 13.0. The molecule has 3 aliphatic rings. The maximum absolute atomic E-state index is 13.5. The Bertz CT molecular complexity index is 1910. The van der Waals surface area contributed by atoms with Crippen molar-refractivity contribution in [3.05, 3.63) is 48.6 Å². The Labute approximate surface area is 573 Å². The first-order chi connectivity index (χ1) is 46.3. The van der Waals surface area contributed by atoms with Crippen LogP contribution in [0.4, 0.5) is 0 Å². The van der Waals surface area contributed by atoms with Crippen LogP contribution < -0.4 is 5.32 Å². The highest BCUT2D eigenvalue weighted by Gasteiger charge is 2.53. The molecule has 0 aromatic heterocycles. The molecule has 0 aliphatic carbocycles. The monoisotopic (exact) mass is 1350 g/mol. The fourth-order valence-corrected chi connectivity index (χ4v) is 13.0. The summed E-state index contributed by atoms with van der Waals surface area (Å²) in [5.41, 5.74) is 0. The van der Waals surface area contributed by atoms with Gasteiger partial charge in [0, 0.05) is 6.42 Å². The van der Waals surface area contributed by atoms with E-state index in [1.807, 2.05) is 0 Å². The first-order valence-corrected chi connectivity index (χ1v) is 38.4. The zero-order valence-corrected chi connectivity index (χ0v) is 59.2. The molecule has 0 aromatic carbocycles. The van der Waals surface area contributed by atoms with E-state index in [0.29, 0.717) is 12.8 Å². The van der Waals surface area contributed by atoms with Crippen molar-refractivity contribution in [2.24, 2.45) is 0 Å². The van der Waals surface area contributed by atoms with Crippen LogP contribution in [0.15, 0.2) is 48.6 Å². The third-order valence-corrected chi connectivity index (χ3v) is 19.2. The van der Waals surface area contributed by atoms with Crippen molar-refractivity contribution in [3.63, 3.8) is 0 Å². The summed E-state index contributed by atoms with van der Waals surface area (Å²) >= 11 is 0. The molecule has 19 heteroatoms. The number of unbranched alkanes of at least 4 members (excludes halogenated alkanes) is 36. The number of ether oxygens (including phenoxy) is 6. The van der Waals surface area contributed by atoms with Gasteiger partial charge in [0.25, 0.3) is 0 Å². The second-order valence-corrected chi connectivity index (χ2v) is 27.4. The summed E-state index contributed by atoms with van der Waals surface area (Å²) in [6.07, 6.45) is 43.3. The number of rotatable bonds is 60. The first-order valence-electron chi connectivity index (χ1n) is 38.4. The van der Waals surface area contributed by atoms with E-state index in [-0.39, 0.29) is 18.9 Å². The van der Waals surface area contributed by atoms with Crippen molar-refractivity contribution in [2.45, 2.75) is 401 Å². The molecule has 3 rings (SSSR count). The molecular weight excluding hydrogens is 1210 g/mol. The summed E-state index contributed by atoms with van der Waals surface area (Å²) in [4.78, 5) is 13.5. The molecule has 3 aliphatic heterocycles. The highest BCUT2D eigenvalue weighted by atomic mass is 16.8. The van der Waals surface area contributed by atoms with Gasteiger partial charge in [0.15, 0.2) is 18.9 Å². The van der Waals surface area contributed by atoms with Crippen molar-refractivity contribution >= 4 is 5.91 Å². The maximum Gasteiger partial charge on any atom is 0.220 e. The Balaban J connectivity index is 1.38. The number of hydrogen-bond donors (Lipinski definition) is 12. The van der Waals surface area contributed by atoms with Crippen LogP contribution in [0.1, 0.15) is 296 Å². The van der Waals surface area contributed by atoms with Crippen LogP contribution in [0.5, 0.6) is 0 Å². The number of aliphatic hydroxyl groups excluding tert-OH is 11. The molecule has 17 unspecified atom stereocenters. The minimum atomic E-state index is -1.97. The highest BCUT2D eigenvalue weighted by Crippen LogP contribution is 2.33. The Morgan fingerprint density at radius 1 is 0.389 bits per heavy atom. The van der Waals surface area contributed by atoms with Crippen LogP contribution in [0.3, 0.4) is 0 Å². The van der Waals surface area contributed by atoms with Gasteiger partial charge in [-0.15, -0.1) is 0 Å². The first kappa shape index (κ1) is 87.0. The van der Waals surface area contributed by atoms with Crippen molar-refractivity contribution in [1.29, 1.82) is 0 Å². The van der Waals surface area contributed by atoms with Gasteiger partial charge in [0.2, 0.25) is 5.91 Å². The summed E-state index contributed by atoms with van der Waals surface area (Å²) in [5, 5.41) is 121. The van der Waals surface area contributed by atoms with E-state index >= 15 is 0 Å². The molecule has 556 valence electrons. The molecule has 95 heavy (non-hydrogen) atoms. The molecular formula is C76H139NO18. The number of hydrogen-bond acceptors (Lipinski definition) is 18. The molecule has 19 nitrogen and oxygen atoms in total. The SMILES string of the molecule is CC/C=C\C/C=C\C/C=C\C/C=C\CCCCCCCCCCCCCCCCCCC(=O)NC(COC1OC(CO)C(OC2OC(CO)C(OC3OC(CO)C(O)C(O)C3O)C(O)C2O)C(O)C1O)C(O)CCCCCCCCCCCCCCCCCCCCCCC. The molecule has 0 bridgehead atoms. The van der Waals surface area contributed by atoms with Crippen LogP contribution in [0.25, 0.3) is 0 Å². The lowest BCUT2D eigenvalue weighted by Gasteiger charge is -2.48. The molecule has 0 aromatic rings. The van der Waals surface area contributed by atoms with Crippen LogP contribution in [-0.4, -0.2) is 193 Å². The van der Waals surface area contributed by atoms with E-state index in [4.69, 9.17) is 28.4 Å². The predicted molar refractivity (Wildman–Crippen MR) is 374 cm³/mol. The van der Waals surface area contributed by atoms with Gasteiger partial charge in [0.1, 0.15) is 73.2 Å². The average molecular weight is 1350 g/mol. The van der Waals surface area contributed by atoms with Crippen LogP contribution in [-0.2, 0) is 33.2 Å². The summed E-state index contributed by atoms with van der Waals surface area (Å²) in [6.45, 7) is 1.73. The van der Waals surface area contributed by atoms with Gasteiger partial charge in [-0.05, 0) is 51.4 Å². The smallest absolute Gasteiger partial charge is 0.220 e. The van der Waals surface area contributed by atoms with E-state index in [1.54, 1.807) is 0 Å². The van der Waals surface area contributed by atoms with E-state index < -0.39 is 124 Å². The zero-order valence-electron chi connectivity index (χ0n) is 59.2. The molecule has 3 heterocycles. The van der Waals surface area contributed by atoms with Crippen molar-refractivity contribution in [1.82, 2.24) is 5.32 Å². The average Bonchev–Trinajstić information content (AvgIpc) is 0.786. The molecule has 12 N–H and O–H groups in total. The van der Waals surface area contributed by atoms with Gasteiger partial charge >= 0.3 is 0 Å². The molecule has 17 atom stereocenters. The second-order valence-electron chi connectivity index (χ2n) is 27.4. The Morgan fingerprint density at radius 3 is 1.14 bits per heavy atom. The Hall–Kier alpha value is -2.25. The number of nitrogens with one attached hydrogen (secondary N) is 1. The summed E-state index contributed by atoms with van der Waals surface area (Å²) in [5.74, 6) is -0.240. The zero-order chi connectivity index (χ0) is 68.9. The van der Waals surface area contributed by atoms with Gasteiger partial charge in [-0.2, -0.15) is 0 Å². The van der Waals surface area contributed by atoms with Crippen molar-refractivity contribution in [2.75, 3.05) is 26.4 Å². The number of amides is 1. The minimum Gasteiger partial charge on any atom is -0.394 e. The quantitative estimate of drug-likeness (QED) is 0.0199. The normalized spacial score (nSPS) is 27.4. The molecule has 0 radical (unpaired) electrons. The lowest BCUT2D eigenvalue weighted by Crippen LogP contribution is -2.66. The fraction of sp³-hybridized carbons (Fsp3) is 0.882. The Morgan fingerprint density at radius 2 is 0.726 bits per heavy atom. The van der Waals surface area contributed by atoms with Crippen molar-refractivity contribution in [3.8, 4) is 0 Å². The number of carbonyl (C=O) groups excluding carboxylic acids is 1. The largest absolute Gasteiger partial charge is 0.394 e. The topological polar surface area (TPSA) is 307 Å². The standard InChI is InChI=1S/C76H139NO18/c1-3-5-7-9-11-13-15-17-19-21-23-25-26-27-28-29-30-31-32-34-36-38-40-42-44-46-48-50-52-54-64(82)77-59(60(81)53-51-49-47-45-43-41-39-37-35-33-24-22-20-18-16-14-12-10-8-6-4-2)58-90-74-70(88)67(85)72(62(56-79)92-74)95-76-71(89)68(86)73(63(57-80)93-76)94-75-69(87)66(84)65(83)61(55-78)91-75/h5,7,11,13,17,19,23,25,59-63,65-76,78-81,83-89H,3-4,6,8-10,12,14-16,18,20-22,24,26-58H2,1-2H3,(H,77,82)/b7-5-,13-11-,19-17-,25-23-. The van der Waals surface area contributed by atoms with Crippen LogP contribution >= 0.6 is 0 Å². The lowest BCUT2D eigenvalue weighted by atomic mass is 9.96. The third kappa shape index (κ3) is 38.4. The molecule has 0 saturated carbocycles. The second kappa shape index (κ2) is 57.4. The van der Waals surface area contributed by atoms with Crippen molar-refractivity contribution < 1.29 is 89.4 Å². The number of allylic oxidation sites excluding steroid dienone is 8. The minimum absolute atomic E-state index is 0.240. The highest BCUT2D eigenvalue weighted by molar-refractivity contribution is 5.76. The summed E-state index contributed by atoms with van der Waals surface area (Å²) in [6, 6.07) is -0.889. The maximum atomic E-state index is 13.5. The Kier molecular flexibility index (Phi) is 52.5. The predicted octanol–water partition coefficient (Wildman–Crippen LogP) is 11.7. The van der Waals surface area contributed by atoms with E-state index in [2.05, 4.69) is 67.8 Å². The van der Waals surface area contributed by atoms with Gasteiger partial charge in [-0.25, -0.2) is 0 Å². The van der Waals surface area contributed by atoms with Crippen LogP contribution in [0, 0.1) is 0 Å². The van der Waals surface area contributed by atoms with Gasteiger partial charge < -0.3 is 89.9 Å². The molecule has 0 spiro atoms. The van der Waals surface area contributed by atoms with E-state index in [0.717, 1.165) is 70.6 Å². The van der Waals surface area contributed by atoms with Crippen LogP contribution in [0.2, 0.25) is 0 Å². The molecule has 1 amide bonds.